The Morgan fingerprint density at radius 3 is 2.40 bits per heavy atom. The lowest BCUT2D eigenvalue weighted by molar-refractivity contribution is -0.142. The first-order valence-corrected chi connectivity index (χ1v) is 8.21. The van der Waals surface area contributed by atoms with Crippen LogP contribution in [0.15, 0.2) is 21.5 Å². The lowest BCUT2D eigenvalue weighted by atomic mass is 10.4. The summed E-state index contributed by atoms with van der Waals surface area (Å²) in [6, 6.07) is 2.81. The number of aliphatic carboxylic acids is 1. The molecule has 0 aliphatic heterocycles. The normalized spacial score (nSPS) is 11.6. The number of benzene rings is 1. The smallest absolute Gasteiger partial charge is 0.329 e. The minimum Gasteiger partial charge on any atom is -0.480 e. The van der Waals surface area contributed by atoms with E-state index in [-0.39, 0.29) is 28.1 Å². The number of carbonyl (C=O) groups is 1. The zero-order chi connectivity index (χ0) is 15.3. The van der Waals surface area contributed by atoms with Crippen LogP contribution in [0.5, 0.6) is 0 Å². The fraction of sp³-hybridized carbons (Fsp3) is 0.300. The van der Waals surface area contributed by atoms with Gasteiger partial charge in [-0.05, 0) is 12.1 Å². The molecule has 0 radical (unpaired) electrons. The third-order valence-electron chi connectivity index (χ3n) is 2.00. The van der Waals surface area contributed by atoms with Gasteiger partial charge < -0.3 is 9.84 Å². The maximum atomic E-state index is 12.0. The van der Waals surface area contributed by atoms with Gasteiger partial charge in [0.15, 0.2) is 0 Å². The molecule has 10 heteroatoms. The molecular weight excluding hydrogens is 397 g/mol. The Balaban J connectivity index is 2.73. The second-order valence-electron chi connectivity index (χ2n) is 3.54. The van der Waals surface area contributed by atoms with Crippen molar-refractivity contribution in [1.29, 1.82) is 0 Å². The Morgan fingerprint density at radius 2 is 1.90 bits per heavy atom. The summed E-state index contributed by atoms with van der Waals surface area (Å²) >= 11 is 14.9. The topological polar surface area (TPSA) is 92.7 Å². The molecule has 0 bridgehead atoms. The van der Waals surface area contributed by atoms with Crippen LogP contribution in [0.3, 0.4) is 0 Å². The van der Waals surface area contributed by atoms with Crippen molar-refractivity contribution in [3.8, 4) is 0 Å². The summed E-state index contributed by atoms with van der Waals surface area (Å²) in [6.45, 7) is -0.683. The maximum Gasteiger partial charge on any atom is 0.329 e. The van der Waals surface area contributed by atoms with Gasteiger partial charge in [0.25, 0.3) is 0 Å². The number of carboxylic acid groups (broad SMARTS) is 1. The van der Waals surface area contributed by atoms with Crippen LogP contribution in [-0.2, 0) is 19.6 Å². The Morgan fingerprint density at radius 1 is 1.35 bits per heavy atom. The van der Waals surface area contributed by atoms with Crippen LogP contribution >= 0.6 is 39.1 Å². The highest BCUT2D eigenvalue weighted by Crippen LogP contribution is 2.32. The molecule has 6 nitrogen and oxygen atoms in total. The molecule has 0 amide bonds. The highest BCUT2D eigenvalue weighted by molar-refractivity contribution is 9.10. The van der Waals surface area contributed by atoms with Gasteiger partial charge in [0.2, 0.25) is 10.0 Å². The molecular formula is C10H10BrCl2NO5S. The number of ether oxygens (including phenoxy) is 1. The zero-order valence-corrected chi connectivity index (χ0v) is 13.8. The van der Waals surface area contributed by atoms with Crippen molar-refractivity contribution in [2.24, 2.45) is 0 Å². The molecule has 0 spiro atoms. The van der Waals surface area contributed by atoms with Crippen molar-refractivity contribution in [2.75, 3.05) is 19.8 Å². The lowest BCUT2D eigenvalue weighted by Crippen LogP contribution is -2.28. The minimum atomic E-state index is -3.90. The number of nitrogens with one attached hydrogen (secondary N) is 1. The van der Waals surface area contributed by atoms with Crippen molar-refractivity contribution < 1.29 is 23.1 Å². The van der Waals surface area contributed by atoms with Gasteiger partial charge in [-0.3, -0.25) is 0 Å². The predicted octanol–water partition coefficient (Wildman–Crippen LogP) is 2.14. The molecule has 2 N–H and O–H groups in total. The molecule has 112 valence electrons. The Hall–Kier alpha value is -0.380. The number of hydrogen-bond acceptors (Lipinski definition) is 4. The van der Waals surface area contributed by atoms with E-state index < -0.39 is 22.6 Å². The van der Waals surface area contributed by atoms with Crippen LogP contribution < -0.4 is 4.72 Å². The molecule has 20 heavy (non-hydrogen) atoms. The Bertz CT molecular complexity index is 585. The Kier molecular flexibility index (Phi) is 6.70. The van der Waals surface area contributed by atoms with E-state index in [4.69, 9.17) is 33.0 Å². The molecule has 0 saturated heterocycles. The SMILES string of the molecule is O=C(O)COCCNS(=O)(=O)c1c(Cl)cc(Br)cc1Cl. The highest BCUT2D eigenvalue weighted by atomic mass is 79.9. The quantitative estimate of drug-likeness (QED) is 0.676. The molecule has 0 aliphatic rings. The van der Waals surface area contributed by atoms with Crippen molar-refractivity contribution in [3.05, 3.63) is 26.7 Å². The second-order valence-corrected chi connectivity index (χ2v) is 6.98. The summed E-state index contributed by atoms with van der Waals surface area (Å²) in [5.74, 6) is -1.13. The Labute approximate surface area is 134 Å². The first kappa shape index (κ1) is 17.7. The second kappa shape index (κ2) is 7.58. The number of halogens is 3. The van der Waals surface area contributed by atoms with Gasteiger partial charge in [0, 0.05) is 11.0 Å². The number of sulfonamides is 1. The van der Waals surface area contributed by atoms with E-state index in [0.29, 0.717) is 4.47 Å². The summed E-state index contributed by atoms with van der Waals surface area (Å²) in [5.41, 5.74) is 0. The van der Waals surface area contributed by atoms with E-state index in [9.17, 15) is 13.2 Å². The van der Waals surface area contributed by atoms with Crippen LogP contribution in [0.4, 0.5) is 0 Å². The van der Waals surface area contributed by atoms with E-state index in [1.54, 1.807) is 0 Å². The van der Waals surface area contributed by atoms with Crippen LogP contribution in [-0.4, -0.2) is 39.3 Å². The third kappa shape index (κ3) is 5.19. The van der Waals surface area contributed by atoms with E-state index in [2.05, 4.69) is 20.7 Å². The molecule has 0 aromatic heterocycles. The molecule has 0 heterocycles. The summed E-state index contributed by atoms with van der Waals surface area (Å²) < 4.78 is 31.5. The third-order valence-corrected chi connectivity index (χ3v) is 4.84. The van der Waals surface area contributed by atoms with E-state index in [1.807, 2.05) is 0 Å². The fourth-order valence-electron chi connectivity index (χ4n) is 1.27. The van der Waals surface area contributed by atoms with Gasteiger partial charge in [-0.15, -0.1) is 0 Å². The summed E-state index contributed by atoms with van der Waals surface area (Å²) in [5, 5.41) is 8.30. The average molecular weight is 407 g/mol. The number of hydrogen-bond donors (Lipinski definition) is 2. The zero-order valence-electron chi connectivity index (χ0n) is 9.90. The van der Waals surface area contributed by atoms with Gasteiger partial charge >= 0.3 is 5.97 Å². The standard InChI is InChI=1S/C10H10BrCl2NO5S/c11-6-3-7(12)10(8(13)4-6)20(17,18)14-1-2-19-5-9(15)16/h3-4,14H,1-2,5H2,(H,15,16). The van der Waals surface area contributed by atoms with E-state index >= 15 is 0 Å². The molecule has 1 aromatic carbocycles. The molecule has 0 atom stereocenters. The maximum absolute atomic E-state index is 12.0. The van der Waals surface area contributed by atoms with Crippen molar-refractivity contribution in [2.45, 2.75) is 4.90 Å². The van der Waals surface area contributed by atoms with Crippen LogP contribution in [0.2, 0.25) is 10.0 Å². The summed E-state index contributed by atoms with van der Waals surface area (Å²) in [7, 11) is -3.90. The van der Waals surface area contributed by atoms with Crippen LogP contribution in [0, 0.1) is 0 Å². The lowest BCUT2D eigenvalue weighted by Gasteiger charge is -2.10. The van der Waals surface area contributed by atoms with Crippen LogP contribution in [0.25, 0.3) is 0 Å². The number of carboxylic acids is 1. The predicted molar refractivity (Wildman–Crippen MR) is 77.8 cm³/mol. The molecule has 0 unspecified atom stereocenters. The molecule has 0 saturated carbocycles. The van der Waals surface area contributed by atoms with Gasteiger partial charge in [-0.25, -0.2) is 17.9 Å². The van der Waals surface area contributed by atoms with Crippen molar-refractivity contribution in [1.82, 2.24) is 4.72 Å². The van der Waals surface area contributed by atoms with Crippen LogP contribution in [0.1, 0.15) is 0 Å². The fourth-order valence-corrected chi connectivity index (χ4v) is 4.21. The largest absolute Gasteiger partial charge is 0.480 e. The van der Waals surface area contributed by atoms with Gasteiger partial charge in [0.1, 0.15) is 11.5 Å². The average Bonchev–Trinajstić information content (AvgIpc) is 2.25. The molecule has 1 rings (SSSR count). The number of rotatable bonds is 7. The van der Waals surface area contributed by atoms with Gasteiger partial charge in [-0.2, -0.15) is 0 Å². The van der Waals surface area contributed by atoms with Crippen molar-refractivity contribution >= 4 is 55.1 Å². The minimum absolute atomic E-state index is 0.0247. The summed E-state index contributed by atoms with van der Waals surface area (Å²) in [4.78, 5) is 9.97. The molecule has 1 aromatic rings. The van der Waals surface area contributed by atoms with E-state index in [0.717, 1.165) is 0 Å². The van der Waals surface area contributed by atoms with Gasteiger partial charge in [-0.1, -0.05) is 39.1 Å². The van der Waals surface area contributed by atoms with E-state index in [1.165, 1.54) is 12.1 Å². The summed E-state index contributed by atoms with van der Waals surface area (Å²) in [6.07, 6.45) is 0. The van der Waals surface area contributed by atoms with Crippen molar-refractivity contribution in [3.63, 3.8) is 0 Å². The first-order valence-electron chi connectivity index (χ1n) is 5.18. The first-order chi connectivity index (χ1) is 9.24. The monoisotopic (exact) mass is 405 g/mol. The molecule has 0 fully saturated rings. The molecule has 0 aliphatic carbocycles. The highest BCUT2D eigenvalue weighted by Gasteiger charge is 2.21. The van der Waals surface area contributed by atoms with Gasteiger partial charge in [0.05, 0.1) is 16.7 Å².